The molecule has 0 aromatic rings. The molecular weight excluding hydrogens is 147 g/mol. The van der Waals surface area contributed by atoms with E-state index < -0.39 is 8.14 Å². The molecule has 4 heteroatoms. The van der Waals surface area contributed by atoms with E-state index in [1.54, 1.807) is 0 Å². The molecule has 24 valence electrons. The predicted molar refractivity (Wildman–Crippen MR) is 20.2 cm³/mol. The van der Waals surface area contributed by atoms with Gasteiger partial charge in [-0.1, -0.05) is 0 Å². The van der Waals surface area contributed by atoms with Crippen LogP contribution < -0.4 is 0 Å². The Morgan fingerprint density at radius 3 is 1.25 bits per heavy atom. The Morgan fingerprint density at radius 1 is 1.25 bits per heavy atom. The van der Waals surface area contributed by atoms with Gasteiger partial charge >= 0.3 is 0 Å². The monoisotopic (exact) mass is 148 g/mol. The van der Waals surface area contributed by atoms with Crippen molar-refractivity contribution in [1.29, 1.82) is 0 Å². The predicted octanol–water partition coefficient (Wildman–Crippen LogP) is 0.460. The van der Waals surface area contributed by atoms with E-state index in [0.29, 0.717) is 0 Å². The zero-order chi connectivity index (χ0) is 2.71. The zero-order valence-corrected chi connectivity index (χ0v) is 6.45. The molecule has 0 aromatic carbocycles. The van der Waals surface area contributed by atoms with Crippen LogP contribution in [0.25, 0.3) is 0 Å². The van der Waals surface area contributed by atoms with Gasteiger partial charge in [0.25, 0.3) is 0 Å². The van der Waals surface area contributed by atoms with Crippen LogP contribution in [-0.2, 0) is 21.7 Å². The topological polar surface area (TPSA) is 0 Å². The van der Waals surface area contributed by atoms with E-state index in [-0.39, 0.29) is 21.7 Å². The molecule has 0 atom stereocenters. The third kappa shape index (κ3) is 9.70. The van der Waals surface area contributed by atoms with Crippen LogP contribution in [0.5, 0.6) is 0 Å². The first kappa shape index (κ1) is 9.10. The Hall–Kier alpha value is 1.51. The first-order valence-corrected chi connectivity index (χ1v) is 4.81. The molecule has 0 rings (SSSR count). The molecule has 0 saturated carbocycles. The minimum Gasteiger partial charge on any atom is -0.155 e. The van der Waals surface area contributed by atoms with Gasteiger partial charge in [0.05, 0.1) is 0 Å². The van der Waals surface area contributed by atoms with Gasteiger partial charge in [0, 0.05) is 21.7 Å². The average molecular weight is 149 g/mol. The average Bonchev–Trinajstić information content (AvgIpc) is 0.918. The van der Waals surface area contributed by atoms with E-state index in [9.17, 15) is 0 Å². The Bertz CT molecular complexity index is 6.00. The van der Waals surface area contributed by atoms with E-state index in [0.717, 1.165) is 0 Å². The standard InChI is InChI=1S/Cl2H2Si.Ti/c1-3-2;/h3H2;. The second-order valence-electron chi connectivity index (χ2n) is 0.101. The van der Waals surface area contributed by atoms with Crippen molar-refractivity contribution in [2.24, 2.45) is 0 Å². The van der Waals surface area contributed by atoms with Gasteiger partial charge in [0.2, 0.25) is 8.14 Å². The van der Waals surface area contributed by atoms with Crippen LogP contribution in [0, 0.1) is 0 Å². The number of hydrogen-bond acceptors (Lipinski definition) is 0. The Balaban J connectivity index is 0. The van der Waals surface area contributed by atoms with Gasteiger partial charge in [-0.2, -0.15) is 22.2 Å². The summed E-state index contributed by atoms with van der Waals surface area (Å²) < 4.78 is 0. The third-order valence-corrected chi connectivity index (χ3v) is 0. The fraction of sp³-hybridized carbons (Fsp3) is 0. The molecule has 0 N–H and O–H groups in total. The van der Waals surface area contributed by atoms with Crippen molar-refractivity contribution in [2.45, 2.75) is 0 Å². The van der Waals surface area contributed by atoms with Gasteiger partial charge < -0.3 is 0 Å². The molecule has 0 saturated heterocycles. The Labute approximate surface area is 52.0 Å². The molecule has 0 amide bonds. The van der Waals surface area contributed by atoms with Crippen molar-refractivity contribution in [3.63, 3.8) is 0 Å². The van der Waals surface area contributed by atoms with Crippen molar-refractivity contribution in [2.75, 3.05) is 0 Å². The quantitative estimate of drug-likeness (QED) is 0.346. The summed E-state index contributed by atoms with van der Waals surface area (Å²) in [6.07, 6.45) is 0. The van der Waals surface area contributed by atoms with Gasteiger partial charge in [-0.15, -0.1) is 0 Å². The molecule has 0 aromatic heterocycles. The van der Waals surface area contributed by atoms with E-state index in [4.69, 9.17) is 22.2 Å². The fourth-order valence-corrected chi connectivity index (χ4v) is 0. The van der Waals surface area contributed by atoms with Gasteiger partial charge in [0.1, 0.15) is 0 Å². The second kappa shape index (κ2) is 8.82. The largest absolute Gasteiger partial charge is 0.222 e. The summed E-state index contributed by atoms with van der Waals surface area (Å²) in [7, 11) is -0.639. The van der Waals surface area contributed by atoms with E-state index >= 15 is 0 Å². The maximum Gasteiger partial charge on any atom is 0.222 e. The molecule has 0 heterocycles. The summed E-state index contributed by atoms with van der Waals surface area (Å²) in [6.45, 7) is 0. The number of rotatable bonds is 0. The minimum atomic E-state index is -0.639. The molecule has 4 heavy (non-hydrogen) atoms. The summed E-state index contributed by atoms with van der Waals surface area (Å²) >= 11 is 9.81. The van der Waals surface area contributed by atoms with Crippen LogP contribution in [0.15, 0.2) is 0 Å². The summed E-state index contributed by atoms with van der Waals surface area (Å²) in [6, 6.07) is 0. The number of halogens is 2. The zero-order valence-electron chi connectivity index (χ0n) is 1.96. The normalized spacial score (nSPS) is 4.50. The summed E-state index contributed by atoms with van der Waals surface area (Å²) in [5.74, 6) is 0. The van der Waals surface area contributed by atoms with Gasteiger partial charge in [-0.25, -0.2) is 0 Å². The van der Waals surface area contributed by atoms with E-state index in [2.05, 4.69) is 0 Å². The summed E-state index contributed by atoms with van der Waals surface area (Å²) in [5.41, 5.74) is 0. The molecule has 0 aliphatic carbocycles. The smallest absolute Gasteiger partial charge is 0.155 e. The maximum atomic E-state index is 4.90. The van der Waals surface area contributed by atoms with Crippen LogP contribution >= 0.6 is 22.2 Å². The van der Waals surface area contributed by atoms with Gasteiger partial charge in [-0.05, 0) is 0 Å². The van der Waals surface area contributed by atoms with Crippen LogP contribution in [-0.4, -0.2) is 8.14 Å². The van der Waals surface area contributed by atoms with Crippen molar-refractivity contribution >= 4 is 30.3 Å². The molecule has 0 bridgehead atoms. The van der Waals surface area contributed by atoms with Gasteiger partial charge in [0.15, 0.2) is 0 Å². The molecule has 0 radical (unpaired) electrons. The van der Waals surface area contributed by atoms with Crippen LogP contribution in [0.3, 0.4) is 0 Å². The third-order valence-electron chi connectivity index (χ3n) is 0. The van der Waals surface area contributed by atoms with E-state index in [1.807, 2.05) is 0 Å². The Kier molecular flexibility index (Phi) is 20.1. The molecule has 0 fully saturated rings. The molecule has 0 aliphatic heterocycles. The van der Waals surface area contributed by atoms with Crippen molar-refractivity contribution in [1.82, 2.24) is 0 Å². The van der Waals surface area contributed by atoms with Crippen molar-refractivity contribution in [3.8, 4) is 0 Å². The molecule has 0 spiro atoms. The summed E-state index contributed by atoms with van der Waals surface area (Å²) in [4.78, 5) is 0. The van der Waals surface area contributed by atoms with Gasteiger partial charge in [-0.3, -0.25) is 0 Å². The second-order valence-corrected chi connectivity index (χ2v) is 2.73. The van der Waals surface area contributed by atoms with Crippen molar-refractivity contribution in [3.05, 3.63) is 0 Å². The molecule has 0 nitrogen and oxygen atoms in total. The molecule has 0 aliphatic rings. The Morgan fingerprint density at radius 2 is 1.25 bits per heavy atom. The first-order chi connectivity index (χ1) is 1.41. The molecular formula is H2Cl2SiTi. The SMILES string of the molecule is Cl[SiH2]Cl.[Ti]. The van der Waals surface area contributed by atoms with Crippen LogP contribution in [0.1, 0.15) is 0 Å². The number of hydrogen-bond donors (Lipinski definition) is 0. The van der Waals surface area contributed by atoms with E-state index in [1.165, 1.54) is 0 Å². The summed E-state index contributed by atoms with van der Waals surface area (Å²) in [5, 5.41) is 0. The van der Waals surface area contributed by atoms with Crippen LogP contribution in [0.2, 0.25) is 0 Å². The minimum absolute atomic E-state index is 0. The maximum absolute atomic E-state index is 4.90. The van der Waals surface area contributed by atoms with Crippen LogP contribution in [0.4, 0.5) is 0 Å². The van der Waals surface area contributed by atoms with Crippen molar-refractivity contribution < 1.29 is 21.7 Å². The molecule has 0 unspecified atom stereocenters. The fourth-order valence-electron chi connectivity index (χ4n) is 0. The first-order valence-electron chi connectivity index (χ1n) is 0.535.